The molecule has 1 aliphatic heterocycles. The quantitative estimate of drug-likeness (QED) is 0.898. The lowest BCUT2D eigenvalue weighted by Crippen LogP contribution is -2.38. The molecule has 0 radical (unpaired) electrons. The van der Waals surface area contributed by atoms with E-state index in [1.807, 2.05) is 15.6 Å². The summed E-state index contributed by atoms with van der Waals surface area (Å²) in [5.41, 5.74) is 2.07. The summed E-state index contributed by atoms with van der Waals surface area (Å²) in [5.74, 6) is 0.809. The Kier molecular flexibility index (Phi) is 4.48. The minimum Gasteiger partial charge on any atom is -0.361 e. The van der Waals surface area contributed by atoms with Crippen molar-refractivity contribution in [3.63, 3.8) is 0 Å². The van der Waals surface area contributed by atoms with Gasteiger partial charge in [0, 0.05) is 25.1 Å². The first kappa shape index (κ1) is 16.8. The van der Waals surface area contributed by atoms with Crippen LogP contribution in [0.5, 0.6) is 0 Å². The molecule has 1 fully saturated rings. The van der Waals surface area contributed by atoms with Gasteiger partial charge in [-0.05, 0) is 32.3 Å². The molecular weight excluding hydrogens is 334 g/mol. The van der Waals surface area contributed by atoms with Gasteiger partial charge in [0.1, 0.15) is 5.76 Å². The number of hydrogen-bond donors (Lipinski definition) is 1. The molecule has 2 aromatic rings. The fraction of sp³-hybridized carbons (Fsp3) is 0.556. The van der Waals surface area contributed by atoms with Crippen LogP contribution in [0.4, 0.5) is 0 Å². The number of nitrogens with zero attached hydrogens (tertiary/aromatic N) is 4. The first-order valence-corrected chi connectivity index (χ1v) is 9.16. The molecule has 0 saturated heterocycles. The highest BCUT2D eigenvalue weighted by atomic mass is 16.5. The van der Waals surface area contributed by atoms with E-state index in [-0.39, 0.29) is 23.4 Å². The summed E-state index contributed by atoms with van der Waals surface area (Å²) < 4.78 is 6.87. The lowest BCUT2D eigenvalue weighted by Gasteiger charge is -2.30. The van der Waals surface area contributed by atoms with Crippen LogP contribution in [0, 0.1) is 12.8 Å². The number of amides is 2. The summed E-state index contributed by atoms with van der Waals surface area (Å²) in [7, 11) is 0. The van der Waals surface area contributed by atoms with Gasteiger partial charge < -0.3 is 14.7 Å². The maximum Gasteiger partial charge on any atom is 0.273 e. The van der Waals surface area contributed by atoms with Crippen molar-refractivity contribution in [2.24, 2.45) is 5.92 Å². The third-order valence-corrected chi connectivity index (χ3v) is 5.12. The second-order valence-electron chi connectivity index (χ2n) is 7.10. The number of aryl methyl sites for hydroxylation is 2. The number of nitrogens with one attached hydrogen (secondary N) is 1. The Bertz CT molecular complexity index is 821. The van der Waals surface area contributed by atoms with E-state index in [2.05, 4.69) is 15.6 Å². The van der Waals surface area contributed by atoms with Crippen LogP contribution in [0.2, 0.25) is 0 Å². The van der Waals surface area contributed by atoms with Gasteiger partial charge in [-0.15, -0.1) is 0 Å². The Morgan fingerprint density at radius 3 is 2.81 bits per heavy atom. The van der Waals surface area contributed by atoms with Crippen molar-refractivity contribution >= 4 is 11.8 Å². The minimum atomic E-state index is -0.285. The number of carbonyl (C=O) groups excluding carboxylic acids is 2. The first-order chi connectivity index (χ1) is 12.6. The maximum absolute atomic E-state index is 12.5. The zero-order valence-electron chi connectivity index (χ0n) is 14.9. The number of hydrogen-bond acceptors (Lipinski definition) is 5. The van der Waals surface area contributed by atoms with Crippen molar-refractivity contribution in [2.45, 2.75) is 52.2 Å². The largest absolute Gasteiger partial charge is 0.361 e. The molecule has 2 amide bonds. The molecule has 1 aliphatic carbocycles. The van der Waals surface area contributed by atoms with E-state index in [0.717, 1.165) is 50.2 Å². The summed E-state index contributed by atoms with van der Waals surface area (Å²) in [5, 5.41) is 11.1. The normalized spacial score (nSPS) is 17.3. The highest BCUT2D eigenvalue weighted by Crippen LogP contribution is 2.29. The second kappa shape index (κ2) is 6.93. The van der Waals surface area contributed by atoms with E-state index in [1.54, 1.807) is 13.0 Å². The topological polar surface area (TPSA) is 93.3 Å². The van der Waals surface area contributed by atoms with Crippen molar-refractivity contribution in [2.75, 3.05) is 6.54 Å². The predicted octanol–water partition coefficient (Wildman–Crippen LogP) is 1.64. The molecule has 2 aromatic heterocycles. The van der Waals surface area contributed by atoms with E-state index in [0.29, 0.717) is 18.8 Å². The van der Waals surface area contributed by atoms with Gasteiger partial charge in [0.05, 0.1) is 24.5 Å². The van der Waals surface area contributed by atoms with Gasteiger partial charge in [0.2, 0.25) is 5.91 Å². The zero-order chi connectivity index (χ0) is 18.1. The Labute approximate surface area is 151 Å². The minimum absolute atomic E-state index is 0.217. The smallest absolute Gasteiger partial charge is 0.273 e. The molecule has 8 nitrogen and oxygen atoms in total. The van der Waals surface area contributed by atoms with Gasteiger partial charge in [-0.2, -0.15) is 5.10 Å². The van der Waals surface area contributed by atoms with Crippen molar-refractivity contribution in [1.82, 2.24) is 25.2 Å². The van der Waals surface area contributed by atoms with Gasteiger partial charge in [-0.3, -0.25) is 14.3 Å². The van der Waals surface area contributed by atoms with Crippen LogP contribution in [-0.2, 0) is 24.4 Å². The highest BCUT2D eigenvalue weighted by molar-refractivity contribution is 5.92. The van der Waals surface area contributed by atoms with E-state index in [4.69, 9.17) is 4.52 Å². The molecule has 0 aromatic carbocycles. The molecule has 0 atom stereocenters. The van der Waals surface area contributed by atoms with Crippen molar-refractivity contribution in [3.8, 4) is 0 Å². The average Bonchev–Trinajstić information content (AvgIpc) is 3.11. The number of fused-ring (bicyclic) bond motifs is 1. The van der Waals surface area contributed by atoms with E-state index < -0.39 is 0 Å². The van der Waals surface area contributed by atoms with E-state index in [9.17, 15) is 9.59 Å². The molecule has 1 saturated carbocycles. The second-order valence-corrected chi connectivity index (χ2v) is 7.10. The molecule has 4 rings (SSSR count). The Morgan fingerprint density at radius 1 is 1.27 bits per heavy atom. The number of rotatable bonds is 4. The lowest BCUT2D eigenvalue weighted by molar-refractivity contribution is -0.138. The van der Waals surface area contributed by atoms with Crippen LogP contribution in [-0.4, -0.2) is 38.2 Å². The third-order valence-electron chi connectivity index (χ3n) is 5.12. The van der Waals surface area contributed by atoms with Crippen molar-refractivity contribution in [1.29, 1.82) is 0 Å². The van der Waals surface area contributed by atoms with Gasteiger partial charge in [-0.1, -0.05) is 11.6 Å². The Hall–Kier alpha value is -2.64. The van der Waals surface area contributed by atoms with E-state index >= 15 is 0 Å². The molecule has 8 heteroatoms. The average molecular weight is 357 g/mol. The number of carbonyl (C=O) groups is 2. The fourth-order valence-corrected chi connectivity index (χ4v) is 3.44. The van der Waals surface area contributed by atoms with Crippen LogP contribution in [0.3, 0.4) is 0 Å². The molecule has 0 spiro atoms. The van der Waals surface area contributed by atoms with Crippen LogP contribution < -0.4 is 5.32 Å². The van der Waals surface area contributed by atoms with Gasteiger partial charge in [0.15, 0.2) is 5.69 Å². The Morgan fingerprint density at radius 2 is 2.12 bits per heavy atom. The molecule has 138 valence electrons. The van der Waals surface area contributed by atoms with Crippen LogP contribution in [0.1, 0.15) is 53.3 Å². The van der Waals surface area contributed by atoms with Crippen LogP contribution in [0.15, 0.2) is 16.7 Å². The molecule has 26 heavy (non-hydrogen) atoms. The molecule has 1 N–H and O–H groups in total. The Balaban J connectivity index is 1.39. The summed E-state index contributed by atoms with van der Waals surface area (Å²) in [6.45, 7) is 4.24. The zero-order valence-corrected chi connectivity index (χ0v) is 14.9. The molecule has 3 heterocycles. The van der Waals surface area contributed by atoms with E-state index in [1.165, 1.54) is 0 Å². The standard InChI is InChI=1S/C18H23N5O3/c1-12-8-16(21-26-12)17(24)19-10-14-9-15-11-22(6-3-7-23(15)20-14)18(25)13-4-2-5-13/h8-9,13H,2-7,10-11H2,1H3,(H,19,24). The van der Waals surface area contributed by atoms with Crippen molar-refractivity contribution in [3.05, 3.63) is 35.0 Å². The summed E-state index contributed by atoms with van der Waals surface area (Å²) in [6.07, 6.45) is 4.11. The molecule has 2 aliphatic rings. The third kappa shape index (κ3) is 3.36. The van der Waals surface area contributed by atoms with Gasteiger partial charge >= 0.3 is 0 Å². The van der Waals surface area contributed by atoms with Crippen LogP contribution in [0.25, 0.3) is 0 Å². The predicted molar refractivity (Wildman–Crippen MR) is 92.0 cm³/mol. The summed E-state index contributed by atoms with van der Waals surface area (Å²) >= 11 is 0. The van der Waals surface area contributed by atoms with Crippen molar-refractivity contribution < 1.29 is 14.1 Å². The van der Waals surface area contributed by atoms with Gasteiger partial charge in [-0.25, -0.2) is 0 Å². The fourth-order valence-electron chi connectivity index (χ4n) is 3.44. The summed E-state index contributed by atoms with van der Waals surface area (Å²) in [6, 6.07) is 3.57. The molecular formula is C18H23N5O3. The van der Waals surface area contributed by atoms with Gasteiger partial charge in [0.25, 0.3) is 5.91 Å². The molecule has 0 unspecified atom stereocenters. The number of aromatic nitrogens is 3. The van der Waals surface area contributed by atoms with Crippen LogP contribution >= 0.6 is 0 Å². The monoisotopic (exact) mass is 357 g/mol. The lowest BCUT2D eigenvalue weighted by atomic mass is 9.84. The first-order valence-electron chi connectivity index (χ1n) is 9.16. The summed E-state index contributed by atoms with van der Waals surface area (Å²) in [4.78, 5) is 26.6. The SMILES string of the molecule is Cc1cc(C(=O)NCc2cc3n(n2)CCCN(C(=O)C2CCC2)C3)no1. The maximum atomic E-state index is 12.5. The molecule has 0 bridgehead atoms. The highest BCUT2D eigenvalue weighted by Gasteiger charge is 2.30.